The van der Waals surface area contributed by atoms with Crippen LogP contribution in [0.4, 0.5) is 14.5 Å². The summed E-state index contributed by atoms with van der Waals surface area (Å²) in [5.74, 6) is 0.739. The zero-order chi connectivity index (χ0) is 25.2. The molecule has 1 fully saturated rings. The Morgan fingerprint density at radius 2 is 1.59 bits per heavy atom. The molecule has 6 nitrogen and oxygen atoms in total. The van der Waals surface area contributed by atoms with E-state index in [1.165, 1.54) is 12.1 Å². The molecule has 0 atom stereocenters. The van der Waals surface area contributed by atoms with Crippen LogP contribution in [0.3, 0.4) is 0 Å². The number of benzene rings is 2. The van der Waals surface area contributed by atoms with Crippen molar-refractivity contribution < 1.29 is 17.6 Å². The molecule has 0 saturated carbocycles. The number of para-hydroxylation sites is 2. The standard InChI is InChI=1S/C29H22F2N4O2/c30-21-9-10-25(24(31)15-21)34-29-19(13-22-5-3-11-36-22)16-35(17-20(29)14-23-6-4-12-37-23)18-28-32-26-7-1-2-8-27(26)33-28/h1-15H,16-18H2,(H,32,33)/b19-13+,20-14+. The highest BCUT2D eigenvalue weighted by atomic mass is 19.1. The van der Waals surface area contributed by atoms with E-state index in [1.54, 1.807) is 24.7 Å². The lowest BCUT2D eigenvalue weighted by Crippen LogP contribution is -2.37. The second kappa shape index (κ2) is 9.83. The molecular weight excluding hydrogens is 474 g/mol. The fourth-order valence-electron chi connectivity index (χ4n) is 4.45. The van der Waals surface area contributed by atoms with Gasteiger partial charge < -0.3 is 13.8 Å². The monoisotopic (exact) mass is 496 g/mol. The van der Waals surface area contributed by atoms with Gasteiger partial charge in [0.05, 0.1) is 41.5 Å². The second-order valence-electron chi connectivity index (χ2n) is 8.77. The van der Waals surface area contributed by atoms with E-state index in [0.717, 1.165) is 34.1 Å². The number of rotatable bonds is 5. The molecule has 0 spiro atoms. The number of hydrogen-bond acceptors (Lipinski definition) is 5. The van der Waals surface area contributed by atoms with Gasteiger partial charge in [-0.05, 0) is 71.8 Å². The molecule has 5 aromatic rings. The maximum atomic E-state index is 14.6. The first kappa shape index (κ1) is 22.9. The van der Waals surface area contributed by atoms with Crippen molar-refractivity contribution in [3.63, 3.8) is 0 Å². The first-order valence-electron chi connectivity index (χ1n) is 11.8. The second-order valence-corrected chi connectivity index (χ2v) is 8.77. The molecule has 2 aromatic carbocycles. The number of fused-ring (bicyclic) bond motifs is 1. The molecular formula is C29H22F2N4O2. The fourth-order valence-corrected chi connectivity index (χ4v) is 4.45. The minimum absolute atomic E-state index is 0.0535. The van der Waals surface area contributed by atoms with E-state index < -0.39 is 11.6 Å². The Morgan fingerprint density at radius 1 is 0.892 bits per heavy atom. The number of aliphatic imine (C=N–C) groups is 1. The van der Waals surface area contributed by atoms with Gasteiger partial charge in [0.25, 0.3) is 0 Å². The molecule has 1 aliphatic heterocycles. The minimum atomic E-state index is -0.730. The molecule has 37 heavy (non-hydrogen) atoms. The van der Waals surface area contributed by atoms with Crippen LogP contribution in [0.25, 0.3) is 23.2 Å². The van der Waals surface area contributed by atoms with Crippen molar-refractivity contribution in [3.8, 4) is 0 Å². The zero-order valence-corrected chi connectivity index (χ0v) is 19.7. The Balaban J connectivity index is 1.43. The molecule has 1 saturated heterocycles. The molecule has 0 amide bonds. The summed E-state index contributed by atoms with van der Waals surface area (Å²) in [6, 6.07) is 18.6. The maximum Gasteiger partial charge on any atom is 0.151 e. The van der Waals surface area contributed by atoms with Crippen LogP contribution in [0.2, 0.25) is 0 Å². The molecule has 6 rings (SSSR count). The SMILES string of the molecule is Fc1ccc(N=C2/C(=C/c3ccco3)CN(Cc3nc4ccccc4[nH]3)C/C2=C\c2ccco2)c(F)c1. The molecule has 8 heteroatoms. The highest BCUT2D eigenvalue weighted by Crippen LogP contribution is 2.29. The third-order valence-corrected chi connectivity index (χ3v) is 6.07. The van der Waals surface area contributed by atoms with Gasteiger partial charge in [-0.25, -0.2) is 18.8 Å². The third-order valence-electron chi connectivity index (χ3n) is 6.07. The van der Waals surface area contributed by atoms with E-state index >= 15 is 0 Å². The quantitative estimate of drug-likeness (QED) is 0.291. The Hall–Kier alpha value is -4.56. The summed E-state index contributed by atoms with van der Waals surface area (Å²) in [4.78, 5) is 15.0. The van der Waals surface area contributed by atoms with Gasteiger partial charge in [0.2, 0.25) is 0 Å². The average molecular weight is 497 g/mol. The van der Waals surface area contributed by atoms with Gasteiger partial charge in [-0.2, -0.15) is 0 Å². The molecule has 0 radical (unpaired) electrons. The Bertz CT molecular complexity index is 1540. The maximum absolute atomic E-state index is 14.6. The molecule has 184 valence electrons. The highest BCUT2D eigenvalue weighted by Gasteiger charge is 2.26. The van der Waals surface area contributed by atoms with E-state index in [0.29, 0.717) is 36.9 Å². The number of aromatic amines is 1. The molecule has 3 aromatic heterocycles. The first-order valence-corrected chi connectivity index (χ1v) is 11.8. The number of imidazole rings is 1. The Morgan fingerprint density at radius 3 is 2.22 bits per heavy atom. The summed E-state index contributed by atoms with van der Waals surface area (Å²) in [6.07, 6.45) is 6.97. The van der Waals surface area contributed by atoms with Crippen molar-refractivity contribution in [2.24, 2.45) is 4.99 Å². The average Bonchev–Trinajstić information content (AvgIpc) is 3.65. The fraction of sp³-hybridized carbons (Fsp3) is 0.103. The first-order chi connectivity index (χ1) is 18.1. The summed E-state index contributed by atoms with van der Waals surface area (Å²) in [5.41, 5.74) is 4.15. The Kier molecular flexibility index (Phi) is 6.08. The van der Waals surface area contributed by atoms with Crippen LogP contribution in [0.1, 0.15) is 17.3 Å². The minimum Gasteiger partial charge on any atom is -0.465 e. The van der Waals surface area contributed by atoms with E-state index in [2.05, 4.69) is 14.9 Å². The molecule has 0 aliphatic carbocycles. The van der Waals surface area contributed by atoms with Crippen molar-refractivity contribution in [2.75, 3.05) is 13.1 Å². The summed E-state index contributed by atoms with van der Waals surface area (Å²) in [6.45, 7) is 1.57. The lowest BCUT2D eigenvalue weighted by Gasteiger charge is -2.31. The van der Waals surface area contributed by atoms with Gasteiger partial charge in [-0.1, -0.05) is 12.1 Å². The lowest BCUT2D eigenvalue weighted by molar-refractivity contribution is 0.307. The number of hydrogen-bond donors (Lipinski definition) is 1. The van der Waals surface area contributed by atoms with Crippen molar-refractivity contribution in [2.45, 2.75) is 6.54 Å². The van der Waals surface area contributed by atoms with Crippen LogP contribution in [0.15, 0.2) is 104 Å². The van der Waals surface area contributed by atoms with Gasteiger partial charge in [0.15, 0.2) is 5.82 Å². The number of furan rings is 2. The molecule has 1 N–H and O–H groups in total. The van der Waals surface area contributed by atoms with E-state index in [4.69, 9.17) is 13.8 Å². The normalized spacial score (nSPS) is 16.8. The van der Waals surface area contributed by atoms with Gasteiger partial charge in [0.1, 0.15) is 23.2 Å². The van der Waals surface area contributed by atoms with Crippen molar-refractivity contribution in [1.29, 1.82) is 0 Å². The topological polar surface area (TPSA) is 70.6 Å². The van der Waals surface area contributed by atoms with E-state index in [9.17, 15) is 8.78 Å². The number of likely N-dealkylation sites (tertiary alicyclic amines) is 1. The zero-order valence-electron chi connectivity index (χ0n) is 19.7. The predicted molar refractivity (Wildman–Crippen MR) is 138 cm³/mol. The molecule has 0 unspecified atom stereocenters. The van der Waals surface area contributed by atoms with Crippen LogP contribution in [-0.4, -0.2) is 33.7 Å². The van der Waals surface area contributed by atoms with Crippen LogP contribution in [0, 0.1) is 11.6 Å². The van der Waals surface area contributed by atoms with Crippen LogP contribution >= 0.6 is 0 Å². The van der Waals surface area contributed by atoms with E-state index in [1.807, 2.05) is 48.6 Å². The predicted octanol–water partition coefficient (Wildman–Crippen LogP) is 6.78. The Labute approximate surface area is 211 Å². The summed E-state index contributed by atoms with van der Waals surface area (Å²) >= 11 is 0. The largest absolute Gasteiger partial charge is 0.465 e. The van der Waals surface area contributed by atoms with Crippen molar-refractivity contribution in [1.82, 2.24) is 14.9 Å². The number of piperidine rings is 1. The molecule has 1 aliphatic rings. The molecule has 0 bridgehead atoms. The number of H-pyrrole nitrogens is 1. The van der Waals surface area contributed by atoms with Crippen molar-refractivity contribution in [3.05, 3.63) is 119 Å². The number of halogens is 2. The van der Waals surface area contributed by atoms with Crippen molar-refractivity contribution >= 4 is 34.6 Å². The van der Waals surface area contributed by atoms with Gasteiger partial charge in [0, 0.05) is 19.2 Å². The molecule has 4 heterocycles. The van der Waals surface area contributed by atoms with Crippen LogP contribution in [0.5, 0.6) is 0 Å². The van der Waals surface area contributed by atoms with Crippen LogP contribution < -0.4 is 0 Å². The van der Waals surface area contributed by atoms with E-state index in [-0.39, 0.29) is 5.69 Å². The summed E-state index contributed by atoms with van der Waals surface area (Å²) in [5, 5.41) is 0. The lowest BCUT2D eigenvalue weighted by atomic mass is 9.94. The number of nitrogens with one attached hydrogen (secondary N) is 1. The highest BCUT2D eigenvalue weighted by molar-refractivity contribution is 6.19. The summed E-state index contributed by atoms with van der Waals surface area (Å²) in [7, 11) is 0. The third kappa shape index (κ3) is 5.05. The smallest absolute Gasteiger partial charge is 0.151 e. The van der Waals surface area contributed by atoms with Crippen LogP contribution in [-0.2, 0) is 6.54 Å². The summed E-state index contributed by atoms with van der Waals surface area (Å²) < 4.78 is 39.4. The number of nitrogens with zero attached hydrogens (tertiary/aromatic N) is 3. The van der Waals surface area contributed by atoms with Gasteiger partial charge in [-0.15, -0.1) is 0 Å². The van der Waals surface area contributed by atoms with Gasteiger partial charge >= 0.3 is 0 Å². The number of aromatic nitrogens is 2. The van der Waals surface area contributed by atoms with Gasteiger partial charge in [-0.3, -0.25) is 4.90 Å².